The average molecular weight is 409 g/mol. The number of nitrogens with zero attached hydrogens (tertiary/aromatic N) is 3. The van der Waals surface area contributed by atoms with Gasteiger partial charge in [0.1, 0.15) is 0 Å². The van der Waals surface area contributed by atoms with Gasteiger partial charge in [0.25, 0.3) is 0 Å². The first kappa shape index (κ1) is 18.4. The van der Waals surface area contributed by atoms with Crippen LogP contribution in [0.3, 0.4) is 0 Å². The van der Waals surface area contributed by atoms with E-state index >= 15 is 0 Å². The van der Waals surface area contributed by atoms with Crippen LogP contribution >= 0.6 is 0 Å². The summed E-state index contributed by atoms with van der Waals surface area (Å²) in [5, 5.41) is 4.83. The summed E-state index contributed by atoms with van der Waals surface area (Å²) in [5.74, 6) is 0. The highest BCUT2D eigenvalue weighted by molar-refractivity contribution is 6.14. The third-order valence-corrected chi connectivity index (χ3v) is 5.82. The molecule has 3 nitrogen and oxygen atoms in total. The SMILES string of the molecule is c1ccc(-c2cccnc2-c2ncccc2-c2c3ccccc3cc3ccccc23)nc1. The molecule has 0 spiro atoms. The molecular weight excluding hydrogens is 390 g/mol. The molecule has 32 heavy (non-hydrogen) atoms. The van der Waals surface area contributed by atoms with Crippen molar-refractivity contribution in [1.29, 1.82) is 0 Å². The fourth-order valence-corrected chi connectivity index (χ4v) is 4.42. The Morgan fingerprint density at radius 1 is 0.438 bits per heavy atom. The molecule has 6 aromatic rings. The molecule has 0 amide bonds. The molecule has 3 aromatic heterocycles. The highest BCUT2D eigenvalue weighted by Gasteiger charge is 2.18. The van der Waals surface area contributed by atoms with E-state index < -0.39 is 0 Å². The fraction of sp³-hybridized carbons (Fsp3) is 0. The summed E-state index contributed by atoms with van der Waals surface area (Å²) < 4.78 is 0. The van der Waals surface area contributed by atoms with Crippen molar-refractivity contribution in [3.05, 3.63) is 116 Å². The lowest BCUT2D eigenvalue weighted by atomic mass is 9.90. The molecule has 0 fully saturated rings. The molecule has 6 rings (SSSR count). The summed E-state index contributed by atoms with van der Waals surface area (Å²) in [4.78, 5) is 14.2. The zero-order chi connectivity index (χ0) is 21.3. The van der Waals surface area contributed by atoms with Crippen LogP contribution in [0.4, 0.5) is 0 Å². The van der Waals surface area contributed by atoms with Gasteiger partial charge in [0, 0.05) is 29.7 Å². The van der Waals surface area contributed by atoms with Crippen molar-refractivity contribution in [1.82, 2.24) is 15.0 Å². The van der Waals surface area contributed by atoms with Gasteiger partial charge in [-0.05, 0) is 63.5 Å². The number of hydrogen-bond donors (Lipinski definition) is 0. The van der Waals surface area contributed by atoms with Gasteiger partial charge in [0.2, 0.25) is 0 Å². The van der Waals surface area contributed by atoms with Gasteiger partial charge < -0.3 is 0 Å². The topological polar surface area (TPSA) is 38.7 Å². The van der Waals surface area contributed by atoms with Crippen LogP contribution in [0, 0.1) is 0 Å². The highest BCUT2D eigenvalue weighted by Crippen LogP contribution is 2.41. The van der Waals surface area contributed by atoms with Gasteiger partial charge in [0.05, 0.1) is 17.1 Å². The van der Waals surface area contributed by atoms with Crippen LogP contribution in [-0.4, -0.2) is 15.0 Å². The van der Waals surface area contributed by atoms with Crippen LogP contribution in [0.5, 0.6) is 0 Å². The molecule has 0 N–H and O–H groups in total. The van der Waals surface area contributed by atoms with Crippen LogP contribution in [0.2, 0.25) is 0 Å². The van der Waals surface area contributed by atoms with E-state index in [4.69, 9.17) is 9.97 Å². The maximum absolute atomic E-state index is 4.83. The smallest absolute Gasteiger partial charge is 0.0986 e. The normalized spacial score (nSPS) is 11.1. The number of benzene rings is 3. The zero-order valence-electron chi connectivity index (χ0n) is 17.3. The summed E-state index contributed by atoms with van der Waals surface area (Å²) in [6.07, 6.45) is 5.47. The van der Waals surface area contributed by atoms with Crippen molar-refractivity contribution in [3.63, 3.8) is 0 Å². The van der Waals surface area contributed by atoms with E-state index in [1.165, 1.54) is 27.1 Å². The minimum atomic E-state index is 0.832. The van der Waals surface area contributed by atoms with Crippen LogP contribution in [0.25, 0.3) is 55.3 Å². The minimum Gasteiger partial charge on any atom is -0.256 e. The van der Waals surface area contributed by atoms with E-state index in [0.29, 0.717) is 0 Å². The number of rotatable bonds is 3. The number of fused-ring (bicyclic) bond motifs is 2. The Bertz CT molecular complexity index is 1520. The van der Waals surface area contributed by atoms with E-state index in [1.807, 2.05) is 48.9 Å². The highest BCUT2D eigenvalue weighted by atomic mass is 14.8. The Labute approximate surface area is 186 Å². The van der Waals surface area contributed by atoms with Gasteiger partial charge in [-0.25, -0.2) is 0 Å². The maximum Gasteiger partial charge on any atom is 0.0986 e. The number of aromatic nitrogens is 3. The molecule has 0 aliphatic heterocycles. The Morgan fingerprint density at radius 2 is 1.00 bits per heavy atom. The molecule has 3 heterocycles. The van der Waals surface area contributed by atoms with Gasteiger partial charge >= 0.3 is 0 Å². The zero-order valence-corrected chi connectivity index (χ0v) is 17.3. The molecule has 0 saturated carbocycles. The molecule has 0 radical (unpaired) electrons. The lowest BCUT2D eigenvalue weighted by Gasteiger charge is -2.16. The van der Waals surface area contributed by atoms with Gasteiger partial charge in [-0.2, -0.15) is 0 Å². The van der Waals surface area contributed by atoms with Crippen molar-refractivity contribution in [3.8, 4) is 33.8 Å². The van der Waals surface area contributed by atoms with Crippen LogP contribution in [0.1, 0.15) is 0 Å². The summed E-state index contributed by atoms with van der Waals surface area (Å²) in [6.45, 7) is 0. The van der Waals surface area contributed by atoms with Crippen LogP contribution < -0.4 is 0 Å². The molecular formula is C29H19N3. The van der Waals surface area contributed by atoms with Crippen LogP contribution in [-0.2, 0) is 0 Å². The fourth-order valence-electron chi connectivity index (χ4n) is 4.42. The van der Waals surface area contributed by atoms with E-state index in [1.54, 1.807) is 0 Å². The number of pyridine rings is 3. The first-order valence-corrected chi connectivity index (χ1v) is 10.6. The summed E-state index contributed by atoms with van der Waals surface area (Å²) in [5.41, 5.74) is 5.79. The monoisotopic (exact) mass is 409 g/mol. The largest absolute Gasteiger partial charge is 0.256 e. The van der Waals surface area contributed by atoms with Crippen molar-refractivity contribution >= 4 is 21.5 Å². The van der Waals surface area contributed by atoms with Crippen molar-refractivity contribution < 1.29 is 0 Å². The van der Waals surface area contributed by atoms with Gasteiger partial charge in [0.15, 0.2) is 0 Å². The van der Waals surface area contributed by atoms with E-state index in [9.17, 15) is 0 Å². The molecule has 3 aromatic carbocycles. The Kier molecular flexibility index (Phi) is 4.43. The van der Waals surface area contributed by atoms with Crippen molar-refractivity contribution in [2.75, 3.05) is 0 Å². The number of hydrogen-bond acceptors (Lipinski definition) is 3. The Morgan fingerprint density at radius 3 is 1.66 bits per heavy atom. The minimum absolute atomic E-state index is 0.832. The van der Waals surface area contributed by atoms with Crippen molar-refractivity contribution in [2.45, 2.75) is 0 Å². The molecule has 0 atom stereocenters. The Balaban J connectivity index is 1.70. The van der Waals surface area contributed by atoms with Crippen molar-refractivity contribution in [2.24, 2.45) is 0 Å². The van der Waals surface area contributed by atoms with Crippen LogP contribution in [0.15, 0.2) is 116 Å². The molecule has 0 unspecified atom stereocenters. The summed E-state index contributed by atoms with van der Waals surface area (Å²) in [7, 11) is 0. The lowest BCUT2D eigenvalue weighted by Crippen LogP contribution is -1.96. The molecule has 0 aliphatic carbocycles. The summed E-state index contributed by atoms with van der Waals surface area (Å²) >= 11 is 0. The molecule has 0 bridgehead atoms. The lowest BCUT2D eigenvalue weighted by molar-refractivity contribution is 1.23. The Hall–Kier alpha value is -4.37. The molecule has 150 valence electrons. The van der Waals surface area contributed by atoms with Gasteiger partial charge in [-0.15, -0.1) is 0 Å². The molecule has 0 saturated heterocycles. The standard InChI is InChI=1S/C29H19N3/c1-3-11-22-20(9-1)19-21-10-2-4-12-23(21)27(22)25-14-8-18-32-29(25)28-24(13-7-17-31-28)26-15-5-6-16-30-26/h1-19H. The van der Waals surface area contributed by atoms with E-state index in [-0.39, 0.29) is 0 Å². The molecule has 0 aliphatic rings. The average Bonchev–Trinajstić information content (AvgIpc) is 2.88. The molecule has 3 heteroatoms. The summed E-state index contributed by atoms with van der Waals surface area (Å²) in [6, 6.07) is 33.4. The van der Waals surface area contributed by atoms with E-state index in [0.717, 1.165) is 28.2 Å². The second-order valence-corrected chi connectivity index (χ2v) is 7.71. The van der Waals surface area contributed by atoms with E-state index in [2.05, 4.69) is 71.7 Å². The van der Waals surface area contributed by atoms with Gasteiger partial charge in [-0.3, -0.25) is 15.0 Å². The van der Waals surface area contributed by atoms with Gasteiger partial charge in [-0.1, -0.05) is 60.7 Å². The third kappa shape index (κ3) is 3.03. The maximum atomic E-state index is 4.83. The first-order valence-electron chi connectivity index (χ1n) is 10.6. The predicted octanol–water partition coefficient (Wildman–Crippen LogP) is 7.18. The first-order chi connectivity index (χ1) is 15.9. The second-order valence-electron chi connectivity index (χ2n) is 7.71. The predicted molar refractivity (Wildman–Crippen MR) is 131 cm³/mol. The second kappa shape index (κ2) is 7.71. The third-order valence-electron chi connectivity index (χ3n) is 5.82. The quantitative estimate of drug-likeness (QED) is 0.291.